The number of amides is 1. The third-order valence-corrected chi connectivity index (χ3v) is 6.92. The van der Waals surface area contributed by atoms with E-state index in [2.05, 4.69) is 26.3 Å². The average Bonchev–Trinajstić information content (AvgIpc) is 3.21. The van der Waals surface area contributed by atoms with Crippen LogP contribution in [-0.2, 0) is 16.0 Å². The van der Waals surface area contributed by atoms with Gasteiger partial charge in [0.15, 0.2) is 5.69 Å². The van der Waals surface area contributed by atoms with Crippen LogP contribution in [0.25, 0.3) is 16.9 Å². The van der Waals surface area contributed by atoms with Crippen LogP contribution in [-0.4, -0.2) is 46.8 Å². The van der Waals surface area contributed by atoms with Crippen molar-refractivity contribution in [2.45, 2.75) is 25.8 Å². The summed E-state index contributed by atoms with van der Waals surface area (Å²) in [6, 6.07) is 12.1. The lowest BCUT2D eigenvalue weighted by Gasteiger charge is -2.15. The second-order valence-corrected chi connectivity index (χ2v) is 10.1. The van der Waals surface area contributed by atoms with E-state index in [9.17, 15) is 9.59 Å². The topological polar surface area (TPSA) is 73.2 Å². The number of benzene rings is 2. The molecule has 1 aromatic heterocycles. The van der Waals surface area contributed by atoms with Gasteiger partial charge in [0.1, 0.15) is 6.04 Å². The highest BCUT2D eigenvalue weighted by atomic mass is 79.9. The zero-order valence-corrected chi connectivity index (χ0v) is 22.8. The third kappa shape index (κ3) is 5.97. The molecule has 0 spiro atoms. The molecule has 1 heterocycles. The summed E-state index contributed by atoms with van der Waals surface area (Å²) in [7, 11) is 1.31. The van der Waals surface area contributed by atoms with E-state index in [1.807, 2.05) is 37.4 Å². The summed E-state index contributed by atoms with van der Waals surface area (Å²) in [6.07, 6.45) is 2.92. The monoisotopic (exact) mass is 583 g/mol. The molecular formula is C24H24BrCl2N3O3S. The number of esters is 1. The van der Waals surface area contributed by atoms with Gasteiger partial charge in [-0.15, -0.1) is 0 Å². The van der Waals surface area contributed by atoms with Gasteiger partial charge < -0.3 is 10.1 Å². The van der Waals surface area contributed by atoms with Crippen molar-refractivity contribution in [2.75, 3.05) is 19.1 Å². The molecule has 0 aliphatic rings. The third-order valence-electron chi connectivity index (χ3n) is 5.21. The fourth-order valence-corrected chi connectivity index (χ4v) is 4.78. The number of thioether (sulfide) groups is 1. The number of rotatable bonds is 9. The van der Waals surface area contributed by atoms with E-state index < -0.39 is 17.9 Å². The first-order chi connectivity index (χ1) is 16.3. The first kappa shape index (κ1) is 26.6. The minimum atomic E-state index is -0.768. The average molecular weight is 585 g/mol. The number of hydrogen-bond acceptors (Lipinski definition) is 5. The summed E-state index contributed by atoms with van der Waals surface area (Å²) in [5, 5.41) is 8.37. The van der Waals surface area contributed by atoms with Crippen LogP contribution in [0.3, 0.4) is 0 Å². The number of halogens is 3. The molecule has 180 valence electrons. The lowest BCUT2D eigenvalue weighted by molar-refractivity contribution is -0.142. The Bertz CT molecular complexity index is 1180. The summed E-state index contributed by atoms with van der Waals surface area (Å²) in [5.41, 5.74) is 3.15. The Morgan fingerprint density at radius 2 is 1.91 bits per heavy atom. The van der Waals surface area contributed by atoms with Crippen molar-refractivity contribution in [1.82, 2.24) is 15.1 Å². The second kappa shape index (κ2) is 12.1. The smallest absolute Gasteiger partial charge is 0.328 e. The van der Waals surface area contributed by atoms with Crippen LogP contribution in [0.1, 0.15) is 29.4 Å². The Hall–Kier alpha value is -2.00. The minimum Gasteiger partial charge on any atom is -0.467 e. The maximum Gasteiger partial charge on any atom is 0.328 e. The molecule has 1 amide bonds. The number of carbonyl (C=O) groups excluding carboxylic acids is 2. The van der Waals surface area contributed by atoms with Gasteiger partial charge in [-0.25, -0.2) is 9.48 Å². The first-order valence-corrected chi connectivity index (χ1v) is 13.5. The van der Waals surface area contributed by atoms with Gasteiger partial charge >= 0.3 is 5.97 Å². The molecule has 0 saturated carbocycles. The molecule has 3 rings (SSSR count). The maximum absolute atomic E-state index is 13.4. The van der Waals surface area contributed by atoms with Crippen LogP contribution in [0.15, 0.2) is 46.9 Å². The van der Waals surface area contributed by atoms with Gasteiger partial charge in [0, 0.05) is 20.6 Å². The summed E-state index contributed by atoms with van der Waals surface area (Å²) in [5.74, 6) is -0.246. The zero-order chi connectivity index (χ0) is 24.8. The number of methoxy groups -OCH3 is 1. The standard InChI is InChI=1S/C24H24BrCl2N3O3S/c1-4-17-21(23(31)28-19(11-12-34-3)24(32)33-2)29-30(20-10-9-16(26)13-18(20)27)22(17)14-5-7-15(25)8-6-14/h5-10,13,19H,4,11-12H2,1-3H3,(H,28,31)/t19-/m0/s1. The van der Waals surface area contributed by atoms with E-state index in [-0.39, 0.29) is 5.69 Å². The molecule has 0 fully saturated rings. The molecule has 1 N–H and O–H groups in total. The van der Waals surface area contributed by atoms with Crippen molar-refractivity contribution in [1.29, 1.82) is 0 Å². The van der Waals surface area contributed by atoms with Gasteiger partial charge in [-0.2, -0.15) is 16.9 Å². The normalized spacial score (nSPS) is 11.8. The summed E-state index contributed by atoms with van der Waals surface area (Å²) in [4.78, 5) is 25.6. The van der Waals surface area contributed by atoms with Crippen molar-refractivity contribution in [2.24, 2.45) is 0 Å². The van der Waals surface area contributed by atoms with Crippen LogP contribution in [0, 0.1) is 0 Å². The van der Waals surface area contributed by atoms with E-state index in [4.69, 9.17) is 27.9 Å². The van der Waals surface area contributed by atoms with E-state index in [1.165, 1.54) is 7.11 Å². The lowest BCUT2D eigenvalue weighted by atomic mass is 10.0. The zero-order valence-electron chi connectivity index (χ0n) is 18.9. The highest BCUT2D eigenvalue weighted by Gasteiger charge is 2.28. The molecule has 0 saturated heterocycles. The van der Waals surface area contributed by atoms with Gasteiger partial charge in [-0.05, 0) is 55.2 Å². The molecule has 0 aliphatic heterocycles. The SMILES string of the molecule is CCc1c(C(=O)N[C@@H](CCSC)C(=O)OC)nn(-c2ccc(Cl)cc2Cl)c1-c1ccc(Br)cc1. The van der Waals surface area contributed by atoms with Gasteiger partial charge in [-0.3, -0.25) is 4.79 Å². The Morgan fingerprint density at radius 1 is 1.21 bits per heavy atom. The van der Waals surface area contributed by atoms with Gasteiger partial charge in [0.2, 0.25) is 0 Å². The fourth-order valence-electron chi connectivity index (χ4n) is 3.55. The van der Waals surface area contributed by atoms with E-state index in [0.29, 0.717) is 34.3 Å². The molecule has 10 heteroatoms. The lowest BCUT2D eigenvalue weighted by Crippen LogP contribution is -2.42. The molecule has 0 unspecified atom stereocenters. The number of ether oxygens (including phenoxy) is 1. The molecule has 3 aromatic rings. The van der Waals surface area contributed by atoms with Crippen LogP contribution in [0.4, 0.5) is 0 Å². The number of carbonyl (C=O) groups is 2. The number of nitrogens with zero attached hydrogens (tertiary/aromatic N) is 2. The first-order valence-electron chi connectivity index (χ1n) is 10.5. The van der Waals surface area contributed by atoms with Gasteiger partial charge in [0.25, 0.3) is 5.91 Å². The summed E-state index contributed by atoms with van der Waals surface area (Å²) >= 11 is 17.7. The number of aromatic nitrogens is 2. The Kier molecular flexibility index (Phi) is 9.47. The van der Waals surface area contributed by atoms with Crippen LogP contribution >= 0.6 is 50.9 Å². The van der Waals surface area contributed by atoms with Crippen LogP contribution in [0.5, 0.6) is 0 Å². The Labute approximate surface area is 221 Å². The van der Waals surface area contributed by atoms with Crippen LogP contribution < -0.4 is 5.32 Å². The molecule has 1 atom stereocenters. The second-order valence-electron chi connectivity index (χ2n) is 7.37. The van der Waals surface area contributed by atoms with Crippen molar-refractivity contribution < 1.29 is 14.3 Å². The van der Waals surface area contributed by atoms with Crippen LogP contribution in [0.2, 0.25) is 10.0 Å². The highest BCUT2D eigenvalue weighted by molar-refractivity contribution is 9.10. The van der Waals surface area contributed by atoms with E-state index >= 15 is 0 Å². The van der Waals surface area contributed by atoms with Crippen molar-refractivity contribution in [3.05, 3.63) is 68.2 Å². The summed E-state index contributed by atoms with van der Waals surface area (Å²) < 4.78 is 7.47. The highest BCUT2D eigenvalue weighted by Crippen LogP contribution is 2.34. The Balaban J connectivity index is 2.15. The quantitative estimate of drug-likeness (QED) is 0.303. The van der Waals surface area contributed by atoms with Gasteiger partial charge in [0.05, 0.1) is 23.5 Å². The predicted octanol–water partition coefficient (Wildman–Crippen LogP) is 6.20. The Morgan fingerprint density at radius 3 is 2.50 bits per heavy atom. The molecule has 6 nitrogen and oxygen atoms in total. The number of hydrogen-bond donors (Lipinski definition) is 1. The largest absolute Gasteiger partial charge is 0.467 e. The van der Waals surface area contributed by atoms with Crippen molar-refractivity contribution >= 4 is 62.8 Å². The summed E-state index contributed by atoms with van der Waals surface area (Å²) in [6.45, 7) is 1.95. The fraction of sp³-hybridized carbons (Fsp3) is 0.292. The molecule has 0 bridgehead atoms. The van der Waals surface area contributed by atoms with Gasteiger partial charge in [-0.1, -0.05) is 58.2 Å². The van der Waals surface area contributed by atoms with E-state index in [1.54, 1.807) is 34.6 Å². The molecule has 0 aliphatic carbocycles. The van der Waals surface area contributed by atoms with E-state index in [0.717, 1.165) is 21.3 Å². The maximum atomic E-state index is 13.4. The van der Waals surface area contributed by atoms with Crippen molar-refractivity contribution in [3.8, 4) is 16.9 Å². The molecule has 34 heavy (non-hydrogen) atoms. The van der Waals surface area contributed by atoms with Crippen molar-refractivity contribution in [3.63, 3.8) is 0 Å². The molecular weight excluding hydrogens is 561 g/mol. The minimum absolute atomic E-state index is 0.226. The molecule has 0 radical (unpaired) electrons. The predicted molar refractivity (Wildman–Crippen MR) is 142 cm³/mol. The molecule has 2 aromatic carbocycles. The number of nitrogens with one attached hydrogen (secondary N) is 1.